The Hall–Kier alpha value is -1.04. The molecule has 0 aliphatic heterocycles. The first-order valence-electron chi connectivity index (χ1n) is 5.12. The largest absolute Gasteiger partial charge is 0.0882 e. The lowest BCUT2D eigenvalue weighted by Gasteiger charge is -1.88. The van der Waals surface area contributed by atoms with Crippen LogP contribution in [0.15, 0.2) is 48.6 Å². The van der Waals surface area contributed by atoms with E-state index in [9.17, 15) is 0 Å². The van der Waals surface area contributed by atoms with E-state index in [0.717, 1.165) is 12.8 Å². The molecule has 13 heavy (non-hydrogen) atoms. The highest BCUT2D eigenvalue weighted by Gasteiger charge is 1.80. The molecule has 0 aromatic heterocycles. The predicted molar refractivity (Wildman–Crippen MR) is 59.6 cm³/mol. The predicted octanol–water partition coefficient (Wildman–Crippen LogP) is 4.18. The average molecular weight is 174 g/mol. The van der Waals surface area contributed by atoms with Crippen molar-refractivity contribution in [2.24, 2.45) is 0 Å². The van der Waals surface area contributed by atoms with Crippen LogP contribution in [0.4, 0.5) is 0 Å². The van der Waals surface area contributed by atoms with Crippen LogP contribution in [-0.2, 0) is 0 Å². The van der Waals surface area contributed by atoms with Gasteiger partial charge in [0.2, 0.25) is 0 Å². The molecule has 1 aliphatic carbocycles. The van der Waals surface area contributed by atoms with Gasteiger partial charge in [0.25, 0.3) is 0 Å². The Labute approximate surface area is 81.4 Å². The molecule has 0 nitrogen and oxygen atoms in total. The Morgan fingerprint density at radius 1 is 0.538 bits per heavy atom. The molecule has 0 heteroatoms. The molecule has 1 aliphatic rings. The molecule has 1 rings (SSSR count). The Bertz CT molecular complexity index is 216. The van der Waals surface area contributed by atoms with E-state index >= 15 is 0 Å². The summed E-state index contributed by atoms with van der Waals surface area (Å²) in [5.41, 5.74) is 0. The molecular weight excluding hydrogens is 156 g/mol. The van der Waals surface area contributed by atoms with Crippen molar-refractivity contribution in [3.05, 3.63) is 48.6 Å². The van der Waals surface area contributed by atoms with Crippen molar-refractivity contribution in [3.8, 4) is 0 Å². The minimum Gasteiger partial charge on any atom is -0.0882 e. The number of hydrogen-bond donors (Lipinski definition) is 0. The summed E-state index contributed by atoms with van der Waals surface area (Å²) in [5.74, 6) is 0. The Kier molecular flexibility index (Phi) is 5.87. The minimum atomic E-state index is 1.05. The van der Waals surface area contributed by atoms with Gasteiger partial charge < -0.3 is 0 Å². The number of hydrogen-bond acceptors (Lipinski definition) is 0. The SMILES string of the molecule is C1=CC/C=C/C/C=C/CCCC=C1. The third-order valence-corrected chi connectivity index (χ3v) is 2.00. The van der Waals surface area contributed by atoms with Crippen LogP contribution in [-0.4, -0.2) is 0 Å². The van der Waals surface area contributed by atoms with E-state index in [1.165, 1.54) is 19.3 Å². The Morgan fingerprint density at radius 2 is 1.15 bits per heavy atom. The molecule has 0 atom stereocenters. The highest BCUT2D eigenvalue weighted by atomic mass is 13.9. The van der Waals surface area contributed by atoms with Crippen LogP contribution in [0.3, 0.4) is 0 Å². The zero-order valence-electron chi connectivity index (χ0n) is 8.15. The van der Waals surface area contributed by atoms with Crippen molar-refractivity contribution in [2.75, 3.05) is 0 Å². The summed E-state index contributed by atoms with van der Waals surface area (Å²) < 4.78 is 0. The van der Waals surface area contributed by atoms with Crippen molar-refractivity contribution in [3.63, 3.8) is 0 Å². The van der Waals surface area contributed by atoms with Gasteiger partial charge in [0, 0.05) is 0 Å². The molecule has 0 N–H and O–H groups in total. The summed E-state index contributed by atoms with van der Waals surface area (Å²) in [5, 5.41) is 0. The minimum absolute atomic E-state index is 1.05. The summed E-state index contributed by atoms with van der Waals surface area (Å²) in [6, 6.07) is 0. The lowest BCUT2D eigenvalue weighted by atomic mass is 10.2. The zero-order valence-corrected chi connectivity index (χ0v) is 8.15. The summed E-state index contributed by atoms with van der Waals surface area (Å²) in [6.07, 6.45) is 23.5. The molecular formula is C13H18. The normalized spacial score (nSPS) is 24.0. The van der Waals surface area contributed by atoms with Gasteiger partial charge >= 0.3 is 0 Å². The maximum atomic E-state index is 2.28. The van der Waals surface area contributed by atoms with Crippen molar-refractivity contribution >= 4 is 0 Å². The van der Waals surface area contributed by atoms with Crippen LogP contribution in [0.2, 0.25) is 0 Å². The van der Waals surface area contributed by atoms with Crippen molar-refractivity contribution in [2.45, 2.75) is 32.1 Å². The lowest BCUT2D eigenvalue weighted by Crippen LogP contribution is -1.68. The standard InChI is InChI=1S/C13H18/c1-2-4-6-8-10-12-13-11-9-7-5-3-1/h1-4,7,9,12-13H,5-6,8,10-11H2/b3-1?,4-2?,9-7+,13-12+. The zero-order chi connectivity index (χ0) is 9.19. The lowest BCUT2D eigenvalue weighted by molar-refractivity contribution is 0.866. The van der Waals surface area contributed by atoms with Crippen molar-refractivity contribution in [1.82, 2.24) is 0 Å². The third kappa shape index (κ3) is 6.15. The molecule has 0 unspecified atom stereocenters. The topological polar surface area (TPSA) is 0 Å². The Balaban J connectivity index is 2.38. The number of rotatable bonds is 0. The summed E-state index contributed by atoms with van der Waals surface area (Å²) in [4.78, 5) is 0. The maximum absolute atomic E-state index is 2.28. The molecule has 0 radical (unpaired) electrons. The van der Waals surface area contributed by atoms with Gasteiger partial charge in [0.05, 0.1) is 0 Å². The molecule has 0 heterocycles. The highest BCUT2D eigenvalue weighted by Crippen LogP contribution is 2.01. The van der Waals surface area contributed by atoms with Gasteiger partial charge in [-0.2, -0.15) is 0 Å². The van der Waals surface area contributed by atoms with E-state index in [4.69, 9.17) is 0 Å². The van der Waals surface area contributed by atoms with Crippen LogP contribution in [0.1, 0.15) is 32.1 Å². The fraction of sp³-hybridized carbons (Fsp3) is 0.385. The van der Waals surface area contributed by atoms with Crippen LogP contribution in [0.25, 0.3) is 0 Å². The van der Waals surface area contributed by atoms with Gasteiger partial charge in [0.15, 0.2) is 0 Å². The first-order chi connectivity index (χ1) is 6.50. The van der Waals surface area contributed by atoms with E-state index < -0.39 is 0 Å². The van der Waals surface area contributed by atoms with Gasteiger partial charge in [-0.05, 0) is 32.1 Å². The van der Waals surface area contributed by atoms with Crippen molar-refractivity contribution in [1.29, 1.82) is 0 Å². The molecule has 0 aromatic carbocycles. The third-order valence-electron chi connectivity index (χ3n) is 2.00. The Morgan fingerprint density at radius 3 is 2.08 bits per heavy atom. The van der Waals surface area contributed by atoms with Crippen molar-refractivity contribution < 1.29 is 0 Å². The van der Waals surface area contributed by atoms with Crippen LogP contribution in [0.5, 0.6) is 0 Å². The smallest absolute Gasteiger partial charge is 0.0166 e. The van der Waals surface area contributed by atoms with E-state index in [1.807, 2.05) is 0 Å². The summed E-state index contributed by atoms with van der Waals surface area (Å²) >= 11 is 0. The summed E-state index contributed by atoms with van der Waals surface area (Å²) in [7, 11) is 0. The second kappa shape index (κ2) is 7.60. The van der Waals surface area contributed by atoms with Crippen LogP contribution >= 0.6 is 0 Å². The van der Waals surface area contributed by atoms with Crippen LogP contribution in [0, 0.1) is 0 Å². The molecule has 0 saturated carbocycles. The van der Waals surface area contributed by atoms with Gasteiger partial charge in [-0.15, -0.1) is 0 Å². The fourth-order valence-electron chi connectivity index (χ4n) is 1.25. The number of allylic oxidation sites excluding steroid dienone is 8. The first-order valence-corrected chi connectivity index (χ1v) is 5.12. The maximum Gasteiger partial charge on any atom is -0.0166 e. The quantitative estimate of drug-likeness (QED) is 0.483. The molecule has 0 saturated heterocycles. The fourth-order valence-corrected chi connectivity index (χ4v) is 1.25. The second-order valence-electron chi connectivity index (χ2n) is 3.20. The molecule has 0 bridgehead atoms. The van der Waals surface area contributed by atoms with E-state index in [-0.39, 0.29) is 0 Å². The molecule has 70 valence electrons. The average Bonchev–Trinajstić information content (AvgIpc) is 2.18. The second-order valence-corrected chi connectivity index (χ2v) is 3.20. The molecule has 0 spiro atoms. The van der Waals surface area contributed by atoms with Gasteiger partial charge in [-0.3, -0.25) is 0 Å². The van der Waals surface area contributed by atoms with Gasteiger partial charge in [-0.25, -0.2) is 0 Å². The summed E-state index contributed by atoms with van der Waals surface area (Å²) in [6.45, 7) is 0. The molecule has 0 aromatic rings. The van der Waals surface area contributed by atoms with E-state index in [1.54, 1.807) is 0 Å². The first kappa shape index (κ1) is 10.0. The van der Waals surface area contributed by atoms with E-state index in [2.05, 4.69) is 48.6 Å². The molecule has 0 fully saturated rings. The van der Waals surface area contributed by atoms with Gasteiger partial charge in [0.1, 0.15) is 0 Å². The van der Waals surface area contributed by atoms with Crippen LogP contribution < -0.4 is 0 Å². The van der Waals surface area contributed by atoms with Gasteiger partial charge in [-0.1, -0.05) is 48.6 Å². The van der Waals surface area contributed by atoms with E-state index in [0.29, 0.717) is 0 Å². The highest BCUT2D eigenvalue weighted by molar-refractivity contribution is 5.06. The molecule has 0 amide bonds. The monoisotopic (exact) mass is 174 g/mol.